The molecule has 66 valence electrons. The van der Waals surface area contributed by atoms with Crippen LogP contribution in [0.5, 0.6) is 0 Å². The van der Waals surface area contributed by atoms with Crippen LogP contribution >= 0.6 is 0 Å². The monoisotopic (exact) mass is 156 g/mol. The zero-order valence-electron chi connectivity index (χ0n) is 7.88. The summed E-state index contributed by atoms with van der Waals surface area (Å²) in [6, 6.07) is 0. The Bertz CT molecular complexity index is 105. The third-order valence-electron chi connectivity index (χ3n) is 1.68. The van der Waals surface area contributed by atoms with Crippen molar-refractivity contribution in [3.63, 3.8) is 0 Å². The van der Waals surface area contributed by atoms with Gasteiger partial charge in [-0.15, -0.1) is 0 Å². The van der Waals surface area contributed by atoms with Gasteiger partial charge in [0.2, 0.25) is 0 Å². The van der Waals surface area contributed by atoms with E-state index in [1.165, 1.54) is 0 Å². The summed E-state index contributed by atoms with van der Waals surface area (Å²) in [5.41, 5.74) is 0. The molecule has 0 aliphatic rings. The molecule has 0 fully saturated rings. The van der Waals surface area contributed by atoms with Crippen molar-refractivity contribution in [2.24, 2.45) is 11.8 Å². The Morgan fingerprint density at radius 3 is 2.36 bits per heavy atom. The Morgan fingerprint density at radius 1 is 1.27 bits per heavy atom. The molecule has 0 aliphatic heterocycles. The van der Waals surface area contributed by atoms with E-state index in [4.69, 9.17) is 5.11 Å². The highest BCUT2D eigenvalue weighted by molar-refractivity contribution is 4.85. The summed E-state index contributed by atoms with van der Waals surface area (Å²) >= 11 is 0. The van der Waals surface area contributed by atoms with Crippen LogP contribution < -0.4 is 0 Å². The van der Waals surface area contributed by atoms with Gasteiger partial charge in [-0.2, -0.15) is 0 Å². The van der Waals surface area contributed by atoms with Crippen LogP contribution in [0.15, 0.2) is 12.2 Å². The summed E-state index contributed by atoms with van der Waals surface area (Å²) in [6.45, 7) is 6.83. The molecule has 1 nitrogen and oxygen atoms in total. The normalized spacial score (nSPS) is 14.6. The molecule has 11 heavy (non-hydrogen) atoms. The molecular formula is C10H20O. The summed E-state index contributed by atoms with van der Waals surface area (Å²) in [7, 11) is 0. The molecule has 0 aliphatic carbocycles. The van der Waals surface area contributed by atoms with Gasteiger partial charge in [0.25, 0.3) is 0 Å². The van der Waals surface area contributed by atoms with Crippen LogP contribution in [0.2, 0.25) is 0 Å². The van der Waals surface area contributed by atoms with Gasteiger partial charge in [0.05, 0.1) is 0 Å². The Kier molecular flexibility index (Phi) is 6.24. The highest BCUT2D eigenvalue weighted by Crippen LogP contribution is 2.08. The maximum Gasteiger partial charge on any atom is 0.0433 e. The smallest absolute Gasteiger partial charge is 0.0433 e. The van der Waals surface area contributed by atoms with E-state index in [1.54, 1.807) is 0 Å². The molecule has 0 aromatic heterocycles. The van der Waals surface area contributed by atoms with Gasteiger partial charge in [0.1, 0.15) is 0 Å². The Hall–Kier alpha value is -0.300. The first kappa shape index (κ1) is 10.7. The summed E-state index contributed by atoms with van der Waals surface area (Å²) in [4.78, 5) is 0. The highest BCUT2D eigenvalue weighted by atomic mass is 16.2. The number of allylic oxidation sites excluding steroid dienone is 2. The van der Waals surface area contributed by atoms with Crippen molar-refractivity contribution < 1.29 is 5.11 Å². The fraction of sp³-hybridized carbons (Fsp3) is 0.800. The molecule has 1 heteroatoms. The zero-order chi connectivity index (χ0) is 8.69. The van der Waals surface area contributed by atoms with E-state index in [-0.39, 0.29) is 0 Å². The molecule has 0 bridgehead atoms. The van der Waals surface area contributed by atoms with E-state index >= 15 is 0 Å². The lowest BCUT2D eigenvalue weighted by atomic mass is 10.0. The molecule has 0 spiro atoms. The van der Waals surface area contributed by atoms with E-state index in [2.05, 4.69) is 32.9 Å². The maximum absolute atomic E-state index is 8.62. The van der Waals surface area contributed by atoms with Crippen LogP contribution in [0.25, 0.3) is 0 Å². The molecule has 0 aromatic carbocycles. The van der Waals surface area contributed by atoms with Gasteiger partial charge in [-0.1, -0.05) is 32.9 Å². The summed E-state index contributed by atoms with van der Waals surface area (Å²) < 4.78 is 0. The summed E-state index contributed by atoms with van der Waals surface area (Å²) in [6.07, 6.45) is 6.44. The Labute approximate surface area is 70.1 Å². The van der Waals surface area contributed by atoms with Gasteiger partial charge in [0, 0.05) is 6.61 Å². The SMILES string of the molecule is CC(C)C=CCC(C)CCO. The van der Waals surface area contributed by atoms with Crippen molar-refractivity contribution in [2.75, 3.05) is 6.61 Å². The highest BCUT2D eigenvalue weighted by Gasteiger charge is 1.96. The Balaban J connectivity index is 3.36. The molecule has 0 heterocycles. The lowest BCUT2D eigenvalue weighted by molar-refractivity contribution is 0.263. The lowest BCUT2D eigenvalue weighted by Gasteiger charge is -2.04. The van der Waals surface area contributed by atoms with E-state index in [1.807, 2.05) is 0 Å². The molecule has 1 atom stereocenters. The number of hydrogen-bond donors (Lipinski definition) is 1. The third-order valence-corrected chi connectivity index (χ3v) is 1.68. The minimum atomic E-state index is 0.316. The fourth-order valence-corrected chi connectivity index (χ4v) is 0.921. The first-order chi connectivity index (χ1) is 5.16. The molecule has 0 radical (unpaired) electrons. The molecule has 0 saturated carbocycles. The quantitative estimate of drug-likeness (QED) is 0.607. The second kappa shape index (κ2) is 6.41. The van der Waals surface area contributed by atoms with Gasteiger partial charge in [-0.05, 0) is 24.7 Å². The third kappa shape index (κ3) is 7.60. The van der Waals surface area contributed by atoms with Crippen LogP contribution in [0.4, 0.5) is 0 Å². The molecule has 1 N–H and O–H groups in total. The molecule has 0 rings (SSSR count). The summed E-state index contributed by atoms with van der Waals surface area (Å²) in [5, 5.41) is 8.62. The van der Waals surface area contributed by atoms with Gasteiger partial charge in [-0.25, -0.2) is 0 Å². The van der Waals surface area contributed by atoms with E-state index < -0.39 is 0 Å². The first-order valence-corrected chi connectivity index (χ1v) is 4.44. The average Bonchev–Trinajstić information content (AvgIpc) is 1.87. The predicted molar refractivity (Wildman–Crippen MR) is 49.5 cm³/mol. The second-order valence-corrected chi connectivity index (χ2v) is 3.53. The van der Waals surface area contributed by atoms with Crippen molar-refractivity contribution in [3.05, 3.63) is 12.2 Å². The number of aliphatic hydroxyl groups is 1. The van der Waals surface area contributed by atoms with Crippen LogP contribution in [0, 0.1) is 11.8 Å². The minimum absolute atomic E-state index is 0.316. The number of aliphatic hydroxyl groups excluding tert-OH is 1. The standard InChI is InChI=1S/C10H20O/c1-9(2)5-4-6-10(3)7-8-11/h4-5,9-11H,6-8H2,1-3H3. The van der Waals surface area contributed by atoms with Crippen LogP contribution in [-0.4, -0.2) is 11.7 Å². The van der Waals surface area contributed by atoms with Crippen LogP contribution in [0.1, 0.15) is 33.6 Å². The van der Waals surface area contributed by atoms with Crippen LogP contribution in [0.3, 0.4) is 0 Å². The van der Waals surface area contributed by atoms with Gasteiger partial charge >= 0.3 is 0 Å². The minimum Gasteiger partial charge on any atom is -0.396 e. The van der Waals surface area contributed by atoms with Gasteiger partial charge in [0.15, 0.2) is 0 Å². The molecule has 0 amide bonds. The molecule has 0 aromatic rings. The maximum atomic E-state index is 8.62. The molecular weight excluding hydrogens is 136 g/mol. The summed E-state index contributed by atoms with van der Waals surface area (Å²) in [5.74, 6) is 1.27. The van der Waals surface area contributed by atoms with Crippen LogP contribution in [-0.2, 0) is 0 Å². The number of hydrogen-bond acceptors (Lipinski definition) is 1. The van der Waals surface area contributed by atoms with Crippen molar-refractivity contribution in [3.8, 4) is 0 Å². The van der Waals surface area contributed by atoms with Crippen molar-refractivity contribution in [1.29, 1.82) is 0 Å². The second-order valence-electron chi connectivity index (χ2n) is 3.53. The van der Waals surface area contributed by atoms with E-state index in [9.17, 15) is 0 Å². The largest absolute Gasteiger partial charge is 0.396 e. The molecule has 0 saturated heterocycles. The molecule has 1 unspecified atom stereocenters. The lowest BCUT2D eigenvalue weighted by Crippen LogP contribution is -1.95. The van der Waals surface area contributed by atoms with Gasteiger partial charge < -0.3 is 5.11 Å². The van der Waals surface area contributed by atoms with Crippen molar-refractivity contribution in [2.45, 2.75) is 33.6 Å². The van der Waals surface area contributed by atoms with E-state index in [0.717, 1.165) is 12.8 Å². The fourth-order valence-electron chi connectivity index (χ4n) is 0.921. The number of rotatable bonds is 5. The van der Waals surface area contributed by atoms with Crippen molar-refractivity contribution in [1.82, 2.24) is 0 Å². The topological polar surface area (TPSA) is 20.2 Å². The van der Waals surface area contributed by atoms with E-state index in [0.29, 0.717) is 18.4 Å². The zero-order valence-corrected chi connectivity index (χ0v) is 7.88. The first-order valence-electron chi connectivity index (χ1n) is 4.44. The average molecular weight is 156 g/mol. The predicted octanol–water partition coefficient (Wildman–Crippen LogP) is 2.61. The van der Waals surface area contributed by atoms with Crippen molar-refractivity contribution >= 4 is 0 Å². The van der Waals surface area contributed by atoms with Gasteiger partial charge in [-0.3, -0.25) is 0 Å². The Morgan fingerprint density at radius 2 is 1.91 bits per heavy atom.